The number of nitrogens with one attached hydrogen (secondary N) is 1. The highest BCUT2D eigenvalue weighted by atomic mass is 79.9. The van der Waals surface area contributed by atoms with E-state index in [1.54, 1.807) is 38.1 Å². The van der Waals surface area contributed by atoms with Crippen LogP contribution in [-0.2, 0) is 9.47 Å². The van der Waals surface area contributed by atoms with Gasteiger partial charge in [0.25, 0.3) is 0 Å². The highest BCUT2D eigenvalue weighted by molar-refractivity contribution is 9.10. The third-order valence-electron chi connectivity index (χ3n) is 3.82. The minimum absolute atomic E-state index is 0.227. The zero-order chi connectivity index (χ0) is 18.7. The molecule has 132 valence electrons. The normalized spacial score (nSPS) is 11.7. The second-order valence-electron chi connectivity index (χ2n) is 5.51. The van der Waals surface area contributed by atoms with Crippen molar-refractivity contribution in [2.45, 2.75) is 26.9 Å². The van der Waals surface area contributed by atoms with Crippen molar-refractivity contribution >= 4 is 33.7 Å². The minimum atomic E-state index is -1.01. The first kappa shape index (κ1) is 18.9. The number of aromatic nitrogens is 1. The monoisotopic (exact) mass is 407 g/mol. The quantitative estimate of drug-likeness (QED) is 0.604. The van der Waals surface area contributed by atoms with Crippen LogP contribution in [0.15, 0.2) is 28.7 Å². The molecule has 0 aliphatic rings. The maximum absolute atomic E-state index is 12.6. The summed E-state index contributed by atoms with van der Waals surface area (Å²) in [5.41, 5.74) is 1.87. The molecule has 25 heavy (non-hydrogen) atoms. The van der Waals surface area contributed by atoms with Gasteiger partial charge in [-0.15, -0.1) is 0 Å². The van der Waals surface area contributed by atoms with Crippen molar-refractivity contribution in [3.8, 4) is 0 Å². The number of hydrogen-bond donors (Lipinski definition) is 1. The average Bonchev–Trinajstić information content (AvgIpc) is 2.88. The fourth-order valence-electron chi connectivity index (χ4n) is 2.51. The van der Waals surface area contributed by atoms with Crippen molar-refractivity contribution < 1.29 is 23.9 Å². The fraction of sp³-hybridized carbons (Fsp3) is 0.278. The first-order chi connectivity index (χ1) is 11.8. The lowest BCUT2D eigenvalue weighted by Crippen LogP contribution is -2.25. The lowest BCUT2D eigenvalue weighted by atomic mass is 10.1. The van der Waals surface area contributed by atoms with Crippen LogP contribution in [0.5, 0.6) is 0 Å². The Balaban J connectivity index is 2.22. The van der Waals surface area contributed by atoms with Gasteiger partial charge in [-0.3, -0.25) is 4.79 Å². The number of ether oxygens (including phenoxy) is 2. The average molecular weight is 408 g/mol. The number of methoxy groups -OCH3 is 1. The summed E-state index contributed by atoms with van der Waals surface area (Å²) < 4.78 is 10.6. The molecule has 0 bridgehead atoms. The highest BCUT2D eigenvalue weighted by Gasteiger charge is 2.27. The first-order valence-electron chi connectivity index (χ1n) is 7.55. The molecule has 2 aromatic rings. The number of ketones is 1. The van der Waals surface area contributed by atoms with Gasteiger partial charge in [0.1, 0.15) is 0 Å². The SMILES string of the molecule is COC(=O)c1c(C)[nH]c(C(=O)C(C)OC(=O)c2ccccc2Br)c1C. The van der Waals surface area contributed by atoms with Crippen LogP contribution in [0.2, 0.25) is 0 Å². The second-order valence-corrected chi connectivity index (χ2v) is 6.36. The van der Waals surface area contributed by atoms with E-state index in [2.05, 4.69) is 20.9 Å². The van der Waals surface area contributed by atoms with Crippen molar-refractivity contribution in [3.63, 3.8) is 0 Å². The number of hydrogen-bond acceptors (Lipinski definition) is 5. The lowest BCUT2D eigenvalue weighted by molar-refractivity contribution is 0.0316. The molecule has 1 N–H and O–H groups in total. The van der Waals surface area contributed by atoms with Gasteiger partial charge in [0, 0.05) is 10.2 Å². The molecule has 0 aliphatic heterocycles. The molecular formula is C18H18BrNO5. The maximum atomic E-state index is 12.6. The standard InChI is InChI=1S/C18H18BrNO5/c1-9-14(18(23)24-4)10(2)20-15(9)16(21)11(3)25-17(22)12-7-5-6-8-13(12)19/h5-8,11,20H,1-4H3. The Labute approximate surface area is 153 Å². The number of rotatable bonds is 5. The van der Waals surface area contributed by atoms with Gasteiger partial charge in [0.15, 0.2) is 6.10 Å². The summed E-state index contributed by atoms with van der Waals surface area (Å²) in [4.78, 5) is 39.6. The zero-order valence-electron chi connectivity index (χ0n) is 14.3. The summed E-state index contributed by atoms with van der Waals surface area (Å²) in [6.07, 6.45) is -1.01. The molecule has 0 radical (unpaired) electrons. The van der Waals surface area contributed by atoms with Crippen molar-refractivity contribution in [2.24, 2.45) is 0 Å². The number of esters is 2. The first-order valence-corrected chi connectivity index (χ1v) is 8.34. The van der Waals surface area contributed by atoms with E-state index in [1.165, 1.54) is 14.0 Å². The van der Waals surface area contributed by atoms with Crippen LogP contribution in [0.4, 0.5) is 0 Å². The third kappa shape index (κ3) is 3.82. The van der Waals surface area contributed by atoms with Crippen molar-refractivity contribution in [1.29, 1.82) is 0 Å². The number of halogens is 1. The number of carbonyl (C=O) groups is 3. The second kappa shape index (κ2) is 7.65. The van der Waals surface area contributed by atoms with Gasteiger partial charge in [-0.05, 0) is 54.4 Å². The summed E-state index contributed by atoms with van der Waals surface area (Å²) >= 11 is 3.27. The molecule has 0 aliphatic carbocycles. The van der Waals surface area contributed by atoms with Crippen LogP contribution in [0, 0.1) is 13.8 Å². The van der Waals surface area contributed by atoms with E-state index in [1.807, 2.05) is 0 Å². The smallest absolute Gasteiger partial charge is 0.339 e. The molecule has 0 saturated heterocycles. The summed E-state index contributed by atoms with van der Waals surface area (Å²) in [7, 11) is 1.28. The number of aryl methyl sites for hydroxylation is 1. The van der Waals surface area contributed by atoms with Gasteiger partial charge < -0.3 is 14.5 Å². The molecule has 2 rings (SSSR count). The van der Waals surface area contributed by atoms with E-state index in [0.29, 0.717) is 26.9 Å². The van der Waals surface area contributed by atoms with Gasteiger partial charge >= 0.3 is 11.9 Å². The summed E-state index contributed by atoms with van der Waals surface area (Å²) in [5, 5.41) is 0. The van der Waals surface area contributed by atoms with E-state index in [4.69, 9.17) is 9.47 Å². The molecule has 0 amide bonds. The fourth-order valence-corrected chi connectivity index (χ4v) is 2.96. The Hall–Kier alpha value is -2.41. The van der Waals surface area contributed by atoms with Crippen LogP contribution >= 0.6 is 15.9 Å². The van der Waals surface area contributed by atoms with Crippen molar-refractivity contribution in [1.82, 2.24) is 4.98 Å². The highest BCUT2D eigenvalue weighted by Crippen LogP contribution is 2.22. The van der Waals surface area contributed by atoms with E-state index >= 15 is 0 Å². The topological polar surface area (TPSA) is 85.5 Å². The predicted molar refractivity (Wildman–Crippen MR) is 95.0 cm³/mol. The Kier molecular flexibility index (Phi) is 5.79. The molecule has 6 nitrogen and oxygen atoms in total. The van der Waals surface area contributed by atoms with Crippen LogP contribution in [0.3, 0.4) is 0 Å². The van der Waals surface area contributed by atoms with E-state index in [-0.39, 0.29) is 5.69 Å². The Morgan fingerprint density at radius 1 is 1.12 bits per heavy atom. The molecule has 1 unspecified atom stereocenters. The molecule has 1 aromatic heterocycles. The van der Waals surface area contributed by atoms with Gasteiger partial charge in [-0.2, -0.15) is 0 Å². The molecule has 0 fully saturated rings. The minimum Gasteiger partial charge on any atom is -0.465 e. The maximum Gasteiger partial charge on any atom is 0.339 e. The van der Waals surface area contributed by atoms with Crippen molar-refractivity contribution in [3.05, 3.63) is 56.8 Å². The number of H-pyrrole nitrogens is 1. The lowest BCUT2D eigenvalue weighted by Gasteiger charge is -2.13. The van der Waals surface area contributed by atoms with Crippen LogP contribution in [0.25, 0.3) is 0 Å². The number of benzene rings is 1. The number of Topliss-reactive ketones (excluding diaryl/α,β-unsaturated/α-hetero) is 1. The van der Waals surface area contributed by atoms with Crippen LogP contribution < -0.4 is 0 Å². The number of aromatic amines is 1. The van der Waals surface area contributed by atoms with Gasteiger partial charge in [-0.1, -0.05) is 12.1 Å². The predicted octanol–water partition coefficient (Wildman–Crippen LogP) is 3.61. The third-order valence-corrected chi connectivity index (χ3v) is 4.51. The van der Waals surface area contributed by atoms with Gasteiger partial charge in [-0.25, -0.2) is 9.59 Å². The molecule has 1 atom stereocenters. The molecule has 1 aromatic carbocycles. The summed E-state index contributed by atoms with van der Waals surface area (Å²) in [6.45, 7) is 4.81. The van der Waals surface area contributed by atoms with Crippen molar-refractivity contribution in [2.75, 3.05) is 7.11 Å². The van der Waals surface area contributed by atoms with E-state index < -0.39 is 23.8 Å². The largest absolute Gasteiger partial charge is 0.465 e. The van der Waals surface area contributed by atoms with Crippen LogP contribution in [-0.4, -0.2) is 35.9 Å². The van der Waals surface area contributed by atoms with Gasteiger partial charge in [0.05, 0.1) is 23.9 Å². The van der Waals surface area contributed by atoms with Crippen LogP contribution in [0.1, 0.15) is 49.4 Å². The molecule has 1 heterocycles. The Bertz CT molecular complexity index is 840. The molecule has 7 heteroatoms. The van der Waals surface area contributed by atoms with E-state index in [9.17, 15) is 14.4 Å². The molecular weight excluding hydrogens is 390 g/mol. The zero-order valence-corrected chi connectivity index (χ0v) is 15.9. The summed E-state index contributed by atoms with van der Waals surface area (Å²) in [6, 6.07) is 6.79. The van der Waals surface area contributed by atoms with Gasteiger partial charge in [0.2, 0.25) is 5.78 Å². The molecule has 0 saturated carbocycles. The Morgan fingerprint density at radius 2 is 1.76 bits per heavy atom. The molecule has 0 spiro atoms. The number of carbonyl (C=O) groups excluding carboxylic acids is 3. The summed E-state index contributed by atoms with van der Waals surface area (Å²) in [5.74, 6) is -1.55. The van der Waals surface area contributed by atoms with E-state index in [0.717, 1.165) is 0 Å². The Morgan fingerprint density at radius 3 is 2.36 bits per heavy atom.